The largest absolute Gasteiger partial charge is 0.383 e. The van der Waals surface area contributed by atoms with Gasteiger partial charge in [0, 0.05) is 44.3 Å². The van der Waals surface area contributed by atoms with E-state index in [1.54, 1.807) is 31.2 Å². The minimum Gasteiger partial charge on any atom is -0.383 e. The molecule has 0 radical (unpaired) electrons. The SMILES string of the molecule is COC[C@@H]1N[C@H](CN(C)C(=O)c2cccc(F)c2)[C@H]1c1ccc(-c2ccccc2)cc1. The van der Waals surface area contributed by atoms with Crippen molar-refractivity contribution in [2.75, 3.05) is 27.3 Å². The van der Waals surface area contributed by atoms with E-state index in [9.17, 15) is 9.18 Å². The molecule has 3 aromatic carbocycles. The van der Waals surface area contributed by atoms with E-state index < -0.39 is 5.82 Å². The number of halogens is 1. The highest BCUT2D eigenvalue weighted by Crippen LogP contribution is 2.34. The van der Waals surface area contributed by atoms with Crippen molar-refractivity contribution >= 4 is 5.91 Å². The summed E-state index contributed by atoms with van der Waals surface area (Å²) in [5, 5.41) is 3.53. The zero-order valence-electron chi connectivity index (χ0n) is 17.8. The standard InChI is InChI=1S/C26H27FN2O2/c1-29(26(30)21-9-6-10-22(27)15-21)16-23-25(24(28-23)17-31-2)20-13-11-19(12-14-20)18-7-4-3-5-8-18/h3-15,23-25,28H,16-17H2,1-2H3/t23-,24+,25-/m1/s1. The molecular formula is C26H27FN2O2. The zero-order valence-corrected chi connectivity index (χ0v) is 17.8. The fourth-order valence-electron chi connectivity index (χ4n) is 4.35. The maximum atomic E-state index is 13.5. The van der Waals surface area contributed by atoms with Gasteiger partial charge >= 0.3 is 0 Å². The van der Waals surface area contributed by atoms with Gasteiger partial charge in [0.25, 0.3) is 5.91 Å². The molecule has 1 saturated heterocycles. The Kier molecular flexibility index (Phi) is 6.44. The van der Waals surface area contributed by atoms with Gasteiger partial charge < -0.3 is 15.0 Å². The van der Waals surface area contributed by atoms with E-state index in [2.05, 4.69) is 41.7 Å². The van der Waals surface area contributed by atoms with Crippen molar-refractivity contribution in [1.82, 2.24) is 10.2 Å². The molecule has 160 valence electrons. The maximum Gasteiger partial charge on any atom is 0.253 e. The third kappa shape index (κ3) is 4.68. The number of hydrogen-bond donors (Lipinski definition) is 1. The van der Waals surface area contributed by atoms with Crippen molar-refractivity contribution < 1.29 is 13.9 Å². The molecule has 1 aliphatic heterocycles. The number of benzene rings is 3. The van der Waals surface area contributed by atoms with Crippen LogP contribution < -0.4 is 5.32 Å². The van der Waals surface area contributed by atoms with Crippen LogP contribution in [-0.4, -0.2) is 50.2 Å². The highest BCUT2D eigenvalue weighted by Gasteiger charge is 2.42. The number of nitrogens with zero attached hydrogens (tertiary/aromatic N) is 1. The Morgan fingerprint density at radius 3 is 2.35 bits per heavy atom. The fraction of sp³-hybridized carbons (Fsp3) is 0.269. The number of carbonyl (C=O) groups is 1. The summed E-state index contributed by atoms with van der Waals surface area (Å²) in [5.74, 6) is -0.361. The summed E-state index contributed by atoms with van der Waals surface area (Å²) < 4.78 is 18.9. The average molecular weight is 419 g/mol. The minimum absolute atomic E-state index is 0.102. The van der Waals surface area contributed by atoms with Crippen LogP contribution in [0.3, 0.4) is 0 Å². The summed E-state index contributed by atoms with van der Waals surface area (Å²) >= 11 is 0. The van der Waals surface area contributed by atoms with Crippen LogP contribution in [0.25, 0.3) is 11.1 Å². The minimum atomic E-state index is -0.405. The Morgan fingerprint density at radius 2 is 1.68 bits per heavy atom. The molecule has 1 amide bonds. The van der Waals surface area contributed by atoms with Gasteiger partial charge in [-0.15, -0.1) is 0 Å². The molecule has 0 aromatic heterocycles. The van der Waals surface area contributed by atoms with Gasteiger partial charge in [-0.3, -0.25) is 4.79 Å². The molecule has 0 saturated carbocycles. The van der Waals surface area contributed by atoms with E-state index >= 15 is 0 Å². The van der Waals surface area contributed by atoms with Crippen molar-refractivity contribution in [1.29, 1.82) is 0 Å². The number of amides is 1. The number of nitrogens with one attached hydrogen (secondary N) is 1. The number of hydrogen-bond acceptors (Lipinski definition) is 3. The quantitative estimate of drug-likeness (QED) is 0.621. The van der Waals surface area contributed by atoms with Gasteiger partial charge in [-0.2, -0.15) is 0 Å². The maximum absolute atomic E-state index is 13.5. The lowest BCUT2D eigenvalue weighted by Crippen LogP contribution is -2.65. The van der Waals surface area contributed by atoms with Crippen LogP contribution in [-0.2, 0) is 4.74 Å². The van der Waals surface area contributed by atoms with Gasteiger partial charge in [0.1, 0.15) is 5.82 Å². The number of likely N-dealkylation sites (N-methyl/N-ethyl adjacent to an activating group) is 1. The molecule has 1 fully saturated rings. The first kappa shape index (κ1) is 21.2. The second kappa shape index (κ2) is 9.41. The van der Waals surface area contributed by atoms with Crippen LogP contribution in [0.2, 0.25) is 0 Å². The monoisotopic (exact) mass is 418 g/mol. The Morgan fingerprint density at radius 1 is 0.968 bits per heavy atom. The van der Waals surface area contributed by atoms with Gasteiger partial charge in [0.15, 0.2) is 0 Å². The van der Waals surface area contributed by atoms with Gasteiger partial charge in [-0.25, -0.2) is 4.39 Å². The first-order chi connectivity index (χ1) is 15.1. The summed E-state index contributed by atoms with van der Waals surface area (Å²) in [6.45, 7) is 1.13. The fourth-order valence-corrected chi connectivity index (χ4v) is 4.35. The van der Waals surface area contributed by atoms with Crippen molar-refractivity contribution in [2.45, 2.75) is 18.0 Å². The molecular weight excluding hydrogens is 391 g/mol. The van der Waals surface area contributed by atoms with Gasteiger partial charge in [0.05, 0.1) is 6.61 Å². The van der Waals surface area contributed by atoms with E-state index in [1.165, 1.54) is 28.8 Å². The predicted molar refractivity (Wildman–Crippen MR) is 121 cm³/mol. The third-order valence-electron chi connectivity index (χ3n) is 5.93. The molecule has 31 heavy (non-hydrogen) atoms. The van der Waals surface area contributed by atoms with Crippen molar-refractivity contribution in [2.24, 2.45) is 0 Å². The van der Waals surface area contributed by atoms with E-state index in [0.29, 0.717) is 18.7 Å². The Hall–Kier alpha value is -3.02. The highest BCUT2D eigenvalue weighted by atomic mass is 19.1. The molecule has 0 unspecified atom stereocenters. The van der Waals surface area contributed by atoms with Crippen LogP contribution in [0.1, 0.15) is 21.8 Å². The van der Waals surface area contributed by atoms with Crippen molar-refractivity contribution in [3.8, 4) is 11.1 Å². The molecule has 1 aliphatic rings. The van der Waals surface area contributed by atoms with E-state index in [4.69, 9.17) is 4.74 Å². The summed E-state index contributed by atoms with van der Waals surface area (Å²) in [7, 11) is 3.46. The third-order valence-corrected chi connectivity index (χ3v) is 5.93. The van der Waals surface area contributed by atoms with Crippen molar-refractivity contribution in [3.63, 3.8) is 0 Å². The van der Waals surface area contributed by atoms with Gasteiger partial charge in [-0.05, 0) is 34.9 Å². The first-order valence-corrected chi connectivity index (χ1v) is 10.5. The van der Waals surface area contributed by atoms with Gasteiger partial charge in [-0.1, -0.05) is 60.7 Å². The van der Waals surface area contributed by atoms with Crippen LogP contribution in [0.15, 0.2) is 78.9 Å². The number of carbonyl (C=O) groups excluding carboxylic acids is 1. The van der Waals surface area contributed by atoms with Crippen LogP contribution in [0, 0.1) is 5.82 Å². The molecule has 1 N–H and O–H groups in total. The van der Waals surface area contributed by atoms with Gasteiger partial charge in [0.2, 0.25) is 0 Å². The zero-order chi connectivity index (χ0) is 21.8. The average Bonchev–Trinajstić information content (AvgIpc) is 2.78. The molecule has 1 heterocycles. The lowest BCUT2D eigenvalue weighted by Gasteiger charge is -2.47. The molecule has 0 bridgehead atoms. The summed E-state index contributed by atoms with van der Waals surface area (Å²) in [6.07, 6.45) is 0. The first-order valence-electron chi connectivity index (χ1n) is 10.5. The second-order valence-electron chi connectivity index (χ2n) is 8.04. The number of rotatable bonds is 7. The molecule has 0 aliphatic carbocycles. The summed E-state index contributed by atoms with van der Waals surface area (Å²) in [5.41, 5.74) is 3.94. The molecule has 5 heteroatoms. The molecule has 4 rings (SSSR count). The highest BCUT2D eigenvalue weighted by molar-refractivity contribution is 5.94. The Balaban J connectivity index is 1.49. The predicted octanol–water partition coefficient (Wildman–Crippen LogP) is 4.34. The number of ether oxygens (including phenoxy) is 1. The van der Waals surface area contributed by atoms with Crippen molar-refractivity contribution in [3.05, 3.63) is 95.8 Å². The van der Waals surface area contributed by atoms with Crippen LogP contribution in [0.4, 0.5) is 4.39 Å². The van der Waals surface area contributed by atoms with E-state index in [-0.39, 0.29) is 23.9 Å². The Labute approximate surface area is 182 Å². The molecule has 4 nitrogen and oxygen atoms in total. The molecule has 0 spiro atoms. The van der Waals surface area contributed by atoms with Crippen LogP contribution >= 0.6 is 0 Å². The van der Waals surface area contributed by atoms with Crippen LogP contribution in [0.5, 0.6) is 0 Å². The lowest BCUT2D eigenvalue weighted by atomic mass is 9.77. The van der Waals surface area contributed by atoms with E-state index in [0.717, 1.165) is 0 Å². The summed E-state index contributed by atoms with van der Waals surface area (Å²) in [4.78, 5) is 14.4. The van der Waals surface area contributed by atoms with E-state index in [1.807, 2.05) is 18.2 Å². The number of methoxy groups -OCH3 is 1. The smallest absolute Gasteiger partial charge is 0.253 e. The summed E-state index contributed by atoms with van der Waals surface area (Å²) in [6, 6.07) is 25.0. The lowest BCUT2D eigenvalue weighted by molar-refractivity contribution is 0.0620. The Bertz CT molecular complexity index is 1020. The topological polar surface area (TPSA) is 41.6 Å². The molecule has 3 atom stereocenters. The second-order valence-corrected chi connectivity index (χ2v) is 8.04. The molecule has 3 aromatic rings. The normalized spacial score (nSPS) is 20.2.